The van der Waals surface area contributed by atoms with Gasteiger partial charge in [-0.1, -0.05) is 24.3 Å². The number of rotatable bonds is 2. The average Bonchev–Trinajstić information content (AvgIpc) is 2.17. The molecule has 0 aromatic heterocycles. The minimum absolute atomic E-state index is 0. The zero-order chi connectivity index (χ0) is 9.97. The molecule has 1 aromatic carbocycles. The fourth-order valence-electron chi connectivity index (χ4n) is 2.09. The van der Waals surface area contributed by atoms with E-state index in [1.165, 1.54) is 11.1 Å². The summed E-state index contributed by atoms with van der Waals surface area (Å²) in [4.78, 5) is 2.24. The first kappa shape index (κ1) is 12.5. The van der Waals surface area contributed by atoms with Gasteiger partial charge in [-0.25, -0.2) is 0 Å². The second kappa shape index (κ2) is 5.50. The molecule has 1 aliphatic heterocycles. The van der Waals surface area contributed by atoms with Crippen LogP contribution in [0.3, 0.4) is 0 Å². The van der Waals surface area contributed by atoms with Crippen molar-refractivity contribution in [3.05, 3.63) is 35.4 Å². The van der Waals surface area contributed by atoms with Gasteiger partial charge in [0, 0.05) is 19.1 Å². The first-order chi connectivity index (χ1) is 6.75. The highest BCUT2D eigenvalue weighted by Gasteiger charge is 2.17. The maximum absolute atomic E-state index is 3.56. The van der Waals surface area contributed by atoms with Crippen molar-refractivity contribution in [2.24, 2.45) is 0 Å². The van der Waals surface area contributed by atoms with Crippen LogP contribution in [0.2, 0.25) is 0 Å². The van der Waals surface area contributed by atoms with E-state index in [0.717, 1.165) is 19.5 Å². The van der Waals surface area contributed by atoms with E-state index in [0.29, 0.717) is 6.04 Å². The van der Waals surface area contributed by atoms with Crippen LogP contribution in [-0.4, -0.2) is 31.6 Å². The van der Waals surface area contributed by atoms with E-state index in [9.17, 15) is 0 Å². The Kier molecular flexibility index (Phi) is 4.58. The van der Waals surface area contributed by atoms with Gasteiger partial charge in [0.25, 0.3) is 0 Å². The van der Waals surface area contributed by atoms with Crippen molar-refractivity contribution in [2.75, 3.05) is 20.6 Å². The fourth-order valence-corrected chi connectivity index (χ4v) is 2.09. The SMILES string of the molecule is CN(C)CC1Cc2ccccc2CN1.Cl. The molecule has 1 atom stereocenters. The highest BCUT2D eigenvalue weighted by Crippen LogP contribution is 2.16. The highest BCUT2D eigenvalue weighted by atomic mass is 35.5. The van der Waals surface area contributed by atoms with Gasteiger partial charge in [-0.2, -0.15) is 0 Å². The molecule has 2 rings (SSSR count). The molecule has 1 aliphatic rings. The molecular formula is C12H19ClN2. The third kappa shape index (κ3) is 3.20. The Morgan fingerprint density at radius 2 is 1.93 bits per heavy atom. The Balaban J connectivity index is 0.00000112. The van der Waals surface area contributed by atoms with Crippen LogP contribution >= 0.6 is 12.4 Å². The van der Waals surface area contributed by atoms with Gasteiger partial charge in [-0.3, -0.25) is 0 Å². The second-order valence-corrected chi connectivity index (χ2v) is 4.31. The molecule has 0 saturated heterocycles. The summed E-state index contributed by atoms with van der Waals surface area (Å²) in [6.45, 7) is 2.14. The summed E-state index contributed by atoms with van der Waals surface area (Å²) >= 11 is 0. The number of nitrogens with zero attached hydrogens (tertiary/aromatic N) is 1. The smallest absolute Gasteiger partial charge is 0.0238 e. The topological polar surface area (TPSA) is 15.3 Å². The lowest BCUT2D eigenvalue weighted by Gasteiger charge is -2.28. The fraction of sp³-hybridized carbons (Fsp3) is 0.500. The van der Waals surface area contributed by atoms with Gasteiger partial charge >= 0.3 is 0 Å². The van der Waals surface area contributed by atoms with Gasteiger partial charge in [0.15, 0.2) is 0 Å². The van der Waals surface area contributed by atoms with E-state index >= 15 is 0 Å². The van der Waals surface area contributed by atoms with E-state index in [-0.39, 0.29) is 12.4 Å². The summed E-state index contributed by atoms with van der Waals surface area (Å²) in [6.07, 6.45) is 1.16. The van der Waals surface area contributed by atoms with Crippen molar-refractivity contribution in [1.29, 1.82) is 0 Å². The summed E-state index contributed by atoms with van der Waals surface area (Å²) in [5.74, 6) is 0. The van der Waals surface area contributed by atoms with Crippen LogP contribution < -0.4 is 5.32 Å². The maximum atomic E-state index is 3.56. The summed E-state index contributed by atoms with van der Waals surface area (Å²) in [6, 6.07) is 9.33. The minimum atomic E-state index is 0. The molecule has 0 saturated carbocycles. The predicted molar refractivity (Wildman–Crippen MR) is 66.6 cm³/mol. The van der Waals surface area contributed by atoms with Crippen molar-refractivity contribution in [1.82, 2.24) is 10.2 Å². The van der Waals surface area contributed by atoms with Crippen LogP contribution in [0.4, 0.5) is 0 Å². The van der Waals surface area contributed by atoms with Gasteiger partial charge in [0.05, 0.1) is 0 Å². The van der Waals surface area contributed by atoms with Crippen molar-refractivity contribution in [3.8, 4) is 0 Å². The zero-order valence-corrected chi connectivity index (χ0v) is 10.2. The number of nitrogens with one attached hydrogen (secondary N) is 1. The van der Waals surface area contributed by atoms with E-state index in [1.54, 1.807) is 0 Å². The first-order valence-electron chi connectivity index (χ1n) is 5.20. The van der Waals surface area contributed by atoms with Gasteiger partial charge < -0.3 is 10.2 Å². The molecule has 0 aliphatic carbocycles. The molecule has 1 heterocycles. The number of hydrogen-bond donors (Lipinski definition) is 1. The van der Waals surface area contributed by atoms with Crippen molar-refractivity contribution in [3.63, 3.8) is 0 Å². The number of fused-ring (bicyclic) bond motifs is 1. The Hall–Kier alpha value is -0.570. The number of halogens is 1. The van der Waals surface area contributed by atoms with Crippen molar-refractivity contribution < 1.29 is 0 Å². The molecule has 84 valence electrons. The molecule has 0 radical (unpaired) electrons. The summed E-state index contributed by atoms with van der Waals surface area (Å²) in [5.41, 5.74) is 2.97. The molecule has 0 amide bonds. The van der Waals surface area contributed by atoms with Crippen LogP contribution in [0, 0.1) is 0 Å². The van der Waals surface area contributed by atoms with Crippen LogP contribution in [0.5, 0.6) is 0 Å². The average molecular weight is 227 g/mol. The van der Waals surface area contributed by atoms with Gasteiger partial charge in [0.1, 0.15) is 0 Å². The van der Waals surface area contributed by atoms with Gasteiger partial charge in [-0.05, 0) is 31.6 Å². The van der Waals surface area contributed by atoms with Crippen LogP contribution in [-0.2, 0) is 13.0 Å². The Labute approximate surface area is 98.1 Å². The lowest BCUT2D eigenvalue weighted by atomic mass is 9.96. The summed E-state index contributed by atoms with van der Waals surface area (Å²) in [7, 11) is 4.25. The quantitative estimate of drug-likeness (QED) is 0.826. The third-order valence-electron chi connectivity index (χ3n) is 2.75. The molecule has 1 N–H and O–H groups in total. The molecule has 15 heavy (non-hydrogen) atoms. The third-order valence-corrected chi connectivity index (χ3v) is 2.75. The van der Waals surface area contributed by atoms with Crippen LogP contribution in [0.1, 0.15) is 11.1 Å². The largest absolute Gasteiger partial charge is 0.308 e. The number of likely N-dealkylation sites (N-methyl/N-ethyl adjacent to an activating group) is 1. The minimum Gasteiger partial charge on any atom is -0.308 e. The first-order valence-corrected chi connectivity index (χ1v) is 5.20. The number of hydrogen-bond acceptors (Lipinski definition) is 2. The van der Waals surface area contributed by atoms with Crippen LogP contribution in [0.25, 0.3) is 0 Å². The molecule has 2 nitrogen and oxygen atoms in total. The van der Waals surface area contributed by atoms with E-state index in [4.69, 9.17) is 0 Å². The monoisotopic (exact) mass is 226 g/mol. The van der Waals surface area contributed by atoms with E-state index in [1.807, 2.05) is 0 Å². The van der Waals surface area contributed by atoms with E-state index in [2.05, 4.69) is 48.6 Å². The lowest BCUT2D eigenvalue weighted by molar-refractivity contribution is 0.326. The molecule has 3 heteroatoms. The maximum Gasteiger partial charge on any atom is 0.0238 e. The van der Waals surface area contributed by atoms with Crippen LogP contribution in [0.15, 0.2) is 24.3 Å². The predicted octanol–water partition coefficient (Wildman–Crippen LogP) is 1.68. The van der Waals surface area contributed by atoms with Gasteiger partial charge in [-0.15, -0.1) is 12.4 Å². The Bertz CT molecular complexity index is 312. The molecule has 0 bridgehead atoms. The van der Waals surface area contributed by atoms with E-state index < -0.39 is 0 Å². The molecular weight excluding hydrogens is 208 g/mol. The van der Waals surface area contributed by atoms with Gasteiger partial charge in [0.2, 0.25) is 0 Å². The highest BCUT2D eigenvalue weighted by molar-refractivity contribution is 5.85. The summed E-state index contributed by atoms with van der Waals surface area (Å²) < 4.78 is 0. The van der Waals surface area contributed by atoms with Crippen molar-refractivity contribution in [2.45, 2.75) is 19.0 Å². The Morgan fingerprint density at radius 1 is 1.27 bits per heavy atom. The standard InChI is InChI=1S/C12H18N2.ClH/c1-14(2)9-12-7-10-5-3-4-6-11(10)8-13-12;/h3-6,12-13H,7-9H2,1-2H3;1H. The second-order valence-electron chi connectivity index (χ2n) is 4.31. The number of benzene rings is 1. The van der Waals surface area contributed by atoms with Crippen molar-refractivity contribution >= 4 is 12.4 Å². The molecule has 0 spiro atoms. The normalized spacial score (nSPS) is 19.5. The lowest BCUT2D eigenvalue weighted by Crippen LogP contribution is -2.42. The molecule has 0 fully saturated rings. The Morgan fingerprint density at radius 3 is 2.60 bits per heavy atom. The summed E-state index contributed by atoms with van der Waals surface area (Å²) in [5, 5.41) is 3.56. The molecule has 1 aromatic rings. The molecule has 1 unspecified atom stereocenters. The zero-order valence-electron chi connectivity index (χ0n) is 9.36.